The highest BCUT2D eigenvalue weighted by atomic mass is 16.5. The minimum atomic E-state index is -0.146. The summed E-state index contributed by atoms with van der Waals surface area (Å²) in [4.78, 5) is 15.3. The molecule has 0 bridgehead atoms. The molecule has 0 radical (unpaired) electrons. The summed E-state index contributed by atoms with van der Waals surface area (Å²) >= 11 is 0. The zero-order chi connectivity index (χ0) is 15.7. The first kappa shape index (κ1) is 15.5. The second kappa shape index (κ2) is 6.41. The van der Waals surface area contributed by atoms with Crippen LogP contribution in [0.3, 0.4) is 0 Å². The van der Waals surface area contributed by atoms with E-state index in [-0.39, 0.29) is 24.0 Å². The molecule has 1 aliphatic carbocycles. The lowest BCUT2D eigenvalue weighted by Crippen LogP contribution is -2.55. The van der Waals surface area contributed by atoms with Crippen molar-refractivity contribution in [3.63, 3.8) is 0 Å². The van der Waals surface area contributed by atoms with Crippen molar-refractivity contribution in [1.82, 2.24) is 10.1 Å². The third kappa shape index (κ3) is 2.67. The Kier molecular flexibility index (Phi) is 4.52. The summed E-state index contributed by atoms with van der Waals surface area (Å²) < 4.78 is 11.2. The highest BCUT2D eigenvalue weighted by Gasteiger charge is 2.39. The molecule has 3 rings (SSSR count). The van der Waals surface area contributed by atoms with Crippen LogP contribution < -0.4 is 0 Å². The highest BCUT2D eigenvalue weighted by Crippen LogP contribution is 2.33. The first-order valence-electron chi connectivity index (χ1n) is 8.48. The molecule has 22 heavy (non-hydrogen) atoms. The predicted octanol–water partition coefficient (Wildman–Crippen LogP) is 2.96. The van der Waals surface area contributed by atoms with E-state index in [0.717, 1.165) is 36.3 Å². The highest BCUT2D eigenvalue weighted by molar-refractivity contribution is 5.84. The van der Waals surface area contributed by atoms with Gasteiger partial charge in [0.25, 0.3) is 0 Å². The van der Waals surface area contributed by atoms with E-state index in [9.17, 15) is 4.79 Å². The molecule has 0 aromatic carbocycles. The fraction of sp³-hybridized carbons (Fsp3) is 0.765. The molecule has 1 aliphatic heterocycles. The van der Waals surface area contributed by atoms with Gasteiger partial charge in [0.15, 0.2) is 0 Å². The fourth-order valence-electron chi connectivity index (χ4n) is 4.06. The Hall–Kier alpha value is -1.36. The van der Waals surface area contributed by atoms with E-state index in [1.165, 1.54) is 12.8 Å². The molecule has 0 spiro atoms. The number of carbonyl (C=O) groups excluding carboxylic acids is 1. The van der Waals surface area contributed by atoms with Crippen molar-refractivity contribution < 1.29 is 14.1 Å². The van der Waals surface area contributed by atoms with Crippen LogP contribution in [0.2, 0.25) is 0 Å². The van der Waals surface area contributed by atoms with Gasteiger partial charge in [0.2, 0.25) is 5.91 Å². The molecule has 2 heterocycles. The summed E-state index contributed by atoms with van der Waals surface area (Å²) in [5, 5.41) is 4.02. The van der Waals surface area contributed by atoms with Gasteiger partial charge in [-0.15, -0.1) is 0 Å². The average Bonchev–Trinajstić information content (AvgIpc) is 2.87. The summed E-state index contributed by atoms with van der Waals surface area (Å²) in [6.07, 6.45) is 5.55. The first-order valence-corrected chi connectivity index (χ1v) is 8.48. The fourth-order valence-corrected chi connectivity index (χ4v) is 4.06. The van der Waals surface area contributed by atoms with Crippen LogP contribution in [0.5, 0.6) is 0 Å². The number of rotatable bonds is 3. The molecule has 0 unspecified atom stereocenters. The molecule has 1 aromatic heterocycles. The van der Waals surface area contributed by atoms with Crippen molar-refractivity contribution in [2.75, 3.05) is 13.2 Å². The van der Waals surface area contributed by atoms with Gasteiger partial charge in [0.05, 0.1) is 30.4 Å². The Labute approximate surface area is 132 Å². The zero-order valence-corrected chi connectivity index (χ0v) is 13.8. The van der Waals surface area contributed by atoms with Crippen LogP contribution in [0.1, 0.15) is 62.0 Å². The van der Waals surface area contributed by atoms with Crippen molar-refractivity contribution in [3.8, 4) is 0 Å². The summed E-state index contributed by atoms with van der Waals surface area (Å²) in [6, 6.07) is 0.254. The molecular formula is C17H26N2O3. The lowest BCUT2D eigenvalue weighted by Gasteiger charge is -2.44. The van der Waals surface area contributed by atoms with Gasteiger partial charge >= 0.3 is 0 Å². The van der Waals surface area contributed by atoms with Gasteiger partial charge in [-0.1, -0.05) is 24.9 Å². The minimum absolute atomic E-state index is 0.146. The van der Waals surface area contributed by atoms with Gasteiger partial charge in [0, 0.05) is 12.1 Å². The van der Waals surface area contributed by atoms with Crippen molar-refractivity contribution in [2.45, 2.75) is 70.9 Å². The van der Waals surface area contributed by atoms with Gasteiger partial charge < -0.3 is 14.2 Å². The molecule has 1 saturated heterocycles. The van der Waals surface area contributed by atoms with E-state index in [1.807, 2.05) is 13.8 Å². The van der Waals surface area contributed by atoms with E-state index >= 15 is 0 Å². The molecule has 5 heteroatoms. The van der Waals surface area contributed by atoms with Gasteiger partial charge in [-0.3, -0.25) is 4.79 Å². The molecule has 122 valence electrons. The third-order valence-corrected chi connectivity index (χ3v) is 5.16. The maximum Gasteiger partial charge on any atom is 0.230 e. The van der Waals surface area contributed by atoms with E-state index in [2.05, 4.69) is 17.0 Å². The van der Waals surface area contributed by atoms with E-state index in [1.54, 1.807) is 0 Å². The topological polar surface area (TPSA) is 55.6 Å². The summed E-state index contributed by atoms with van der Waals surface area (Å²) in [5.74, 6) is 0.843. The zero-order valence-electron chi connectivity index (χ0n) is 13.8. The van der Waals surface area contributed by atoms with Crippen LogP contribution in [0.15, 0.2) is 4.52 Å². The first-order chi connectivity index (χ1) is 10.6. The number of fused-ring (bicyclic) bond motifs is 1. The van der Waals surface area contributed by atoms with Crippen LogP contribution in [0.25, 0.3) is 0 Å². The van der Waals surface area contributed by atoms with Crippen LogP contribution in [0, 0.1) is 13.8 Å². The lowest BCUT2D eigenvalue weighted by atomic mass is 9.87. The Bertz CT molecular complexity index is 519. The van der Waals surface area contributed by atoms with Crippen LogP contribution in [-0.2, 0) is 9.53 Å². The van der Waals surface area contributed by atoms with Gasteiger partial charge in [-0.05, 0) is 33.1 Å². The predicted molar refractivity (Wildman–Crippen MR) is 82.7 cm³/mol. The summed E-state index contributed by atoms with van der Waals surface area (Å²) in [5.41, 5.74) is 1.82. The molecular weight excluding hydrogens is 280 g/mol. The van der Waals surface area contributed by atoms with Gasteiger partial charge in [-0.2, -0.15) is 0 Å². The Morgan fingerprint density at radius 3 is 2.82 bits per heavy atom. The number of amides is 1. The molecule has 1 saturated carbocycles. The maximum atomic E-state index is 13.2. The number of carbonyl (C=O) groups is 1. The van der Waals surface area contributed by atoms with E-state index < -0.39 is 0 Å². The number of nitrogens with zero attached hydrogens (tertiary/aromatic N) is 2. The number of aromatic nitrogens is 1. The number of aryl methyl sites for hydroxylation is 2. The van der Waals surface area contributed by atoms with Crippen molar-refractivity contribution >= 4 is 5.91 Å². The van der Waals surface area contributed by atoms with E-state index in [4.69, 9.17) is 9.26 Å². The Morgan fingerprint density at radius 2 is 2.14 bits per heavy atom. The van der Waals surface area contributed by atoms with E-state index in [0.29, 0.717) is 13.2 Å². The molecule has 5 nitrogen and oxygen atoms in total. The standard InChI is InChI=1S/C17H26N2O3/c1-4-13(16-11(2)18-22-12(16)3)17(20)19-9-10-21-15-8-6-5-7-14(15)19/h13-15H,4-10H2,1-3H3/t13-,14+,15-/m0/s1. The SMILES string of the molecule is CC[C@H](C(=O)N1CCO[C@H]2CCCC[C@H]21)c1c(C)noc1C. The second-order valence-electron chi connectivity index (χ2n) is 6.49. The molecule has 2 aliphatic rings. The largest absolute Gasteiger partial charge is 0.374 e. The molecule has 3 atom stereocenters. The summed E-state index contributed by atoms with van der Waals surface area (Å²) in [7, 11) is 0. The quantitative estimate of drug-likeness (QED) is 0.861. The van der Waals surface area contributed by atoms with Gasteiger partial charge in [0.1, 0.15) is 5.76 Å². The normalized spacial score (nSPS) is 26.6. The lowest BCUT2D eigenvalue weighted by molar-refractivity contribution is -0.151. The van der Waals surface area contributed by atoms with Gasteiger partial charge in [-0.25, -0.2) is 0 Å². The third-order valence-electron chi connectivity index (χ3n) is 5.16. The number of ether oxygens (including phenoxy) is 1. The molecule has 1 aromatic rings. The monoisotopic (exact) mass is 306 g/mol. The van der Waals surface area contributed by atoms with Crippen molar-refractivity contribution in [1.29, 1.82) is 0 Å². The van der Waals surface area contributed by atoms with Crippen LogP contribution >= 0.6 is 0 Å². The number of morpholine rings is 1. The molecule has 0 N–H and O–H groups in total. The maximum absolute atomic E-state index is 13.2. The Morgan fingerprint density at radius 1 is 1.36 bits per heavy atom. The Balaban J connectivity index is 1.84. The average molecular weight is 306 g/mol. The van der Waals surface area contributed by atoms with Crippen LogP contribution in [0.4, 0.5) is 0 Å². The number of hydrogen-bond donors (Lipinski definition) is 0. The molecule has 1 amide bonds. The second-order valence-corrected chi connectivity index (χ2v) is 6.49. The minimum Gasteiger partial charge on any atom is -0.374 e. The number of hydrogen-bond acceptors (Lipinski definition) is 4. The van der Waals surface area contributed by atoms with Crippen molar-refractivity contribution in [3.05, 3.63) is 17.0 Å². The summed E-state index contributed by atoms with van der Waals surface area (Å²) in [6.45, 7) is 7.25. The van der Waals surface area contributed by atoms with Crippen LogP contribution in [-0.4, -0.2) is 41.3 Å². The van der Waals surface area contributed by atoms with Crippen molar-refractivity contribution in [2.24, 2.45) is 0 Å². The molecule has 2 fully saturated rings. The smallest absolute Gasteiger partial charge is 0.230 e.